The fourth-order valence-electron chi connectivity index (χ4n) is 3.84. The Labute approximate surface area is 238 Å². The van der Waals surface area contributed by atoms with Gasteiger partial charge in [-0.2, -0.15) is 26.3 Å². The molecule has 0 aliphatic heterocycles. The third-order valence-electron chi connectivity index (χ3n) is 5.84. The molecule has 0 saturated heterocycles. The number of rotatable bonds is 12. The highest BCUT2D eigenvalue weighted by Crippen LogP contribution is 2.42. The van der Waals surface area contributed by atoms with Crippen LogP contribution in [0.4, 0.5) is 26.3 Å². The molecule has 0 spiro atoms. The summed E-state index contributed by atoms with van der Waals surface area (Å²) in [6.07, 6.45) is -8.24. The van der Waals surface area contributed by atoms with Crippen LogP contribution in [0.15, 0.2) is 70.6 Å². The monoisotopic (exact) mass is 596 g/mol. The summed E-state index contributed by atoms with van der Waals surface area (Å²) >= 11 is 0. The van der Waals surface area contributed by atoms with Crippen LogP contribution in [0.2, 0.25) is 0 Å². The molecule has 226 valence electrons. The molecular weight excluding hydrogens is 566 g/mol. The van der Waals surface area contributed by atoms with Crippen molar-refractivity contribution in [2.75, 3.05) is 26.3 Å². The average Bonchev–Trinajstić information content (AvgIpc) is 2.91. The Kier molecular flexibility index (Phi) is 10.5. The van der Waals surface area contributed by atoms with Crippen LogP contribution in [0.3, 0.4) is 0 Å². The van der Waals surface area contributed by atoms with E-state index >= 15 is 0 Å². The second-order valence-corrected chi connectivity index (χ2v) is 9.01. The lowest BCUT2D eigenvalue weighted by atomic mass is 9.95. The van der Waals surface area contributed by atoms with E-state index in [9.17, 15) is 26.3 Å². The van der Waals surface area contributed by atoms with Crippen LogP contribution in [0, 0.1) is 0 Å². The molecule has 0 saturated carbocycles. The Hall–Kier alpha value is -4.62. The third kappa shape index (κ3) is 9.21. The van der Waals surface area contributed by atoms with Crippen LogP contribution in [-0.4, -0.2) is 38.2 Å². The summed E-state index contributed by atoms with van der Waals surface area (Å²) in [4.78, 5) is 7.77. The van der Waals surface area contributed by atoms with E-state index in [0.29, 0.717) is 35.1 Å². The van der Waals surface area contributed by atoms with Crippen molar-refractivity contribution in [3.63, 3.8) is 0 Å². The van der Waals surface area contributed by atoms with Gasteiger partial charge in [-0.05, 0) is 41.5 Å². The molecule has 0 aromatic heterocycles. The van der Waals surface area contributed by atoms with Crippen molar-refractivity contribution < 1.29 is 35.8 Å². The van der Waals surface area contributed by atoms with Crippen LogP contribution < -0.4 is 32.4 Å². The topological polar surface area (TPSA) is 147 Å². The van der Waals surface area contributed by atoms with E-state index in [1.54, 1.807) is 12.1 Å². The van der Waals surface area contributed by atoms with Gasteiger partial charge in [0.2, 0.25) is 0 Å². The maximum absolute atomic E-state index is 13.2. The first-order valence-corrected chi connectivity index (χ1v) is 12.7. The van der Waals surface area contributed by atoms with Gasteiger partial charge in [0.05, 0.1) is 24.3 Å². The highest BCUT2D eigenvalue weighted by molar-refractivity contribution is 5.82. The molecule has 8 N–H and O–H groups in total. The summed E-state index contributed by atoms with van der Waals surface area (Å²) in [5.41, 5.74) is 21.3. The minimum atomic E-state index is -4.54. The Morgan fingerprint density at radius 1 is 0.571 bits per heavy atom. The molecule has 42 heavy (non-hydrogen) atoms. The van der Waals surface area contributed by atoms with Gasteiger partial charge in [0.25, 0.3) is 0 Å². The van der Waals surface area contributed by atoms with Crippen LogP contribution in [-0.2, 0) is 12.4 Å². The third-order valence-corrected chi connectivity index (χ3v) is 5.84. The summed E-state index contributed by atoms with van der Waals surface area (Å²) in [6, 6.07) is 12.0. The number of aliphatic imine (C=N–C) groups is 2. The van der Waals surface area contributed by atoms with E-state index in [2.05, 4.69) is 9.98 Å². The van der Waals surface area contributed by atoms with Crippen LogP contribution in [0.5, 0.6) is 11.5 Å². The Morgan fingerprint density at radius 2 is 0.929 bits per heavy atom. The van der Waals surface area contributed by atoms with Gasteiger partial charge in [-0.3, -0.25) is 9.98 Å². The average molecular weight is 597 g/mol. The maximum atomic E-state index is 13.2. The molecule has 0 heterocycles. The van der Waals surface area contributed by atoms with Gasteiger partial charge in [-0.15, -0.1) is 0 Å². The zero-order valence-corrected chi connectivity index (χ0v) is 22.3. The van der Waals surface area contributed by atoms with Crippen molar-refractivity contribution in [3.8, 4) is 33.8 Å². The minimum absolute atomic E-state index is 0.0854. The SMILES string of the molecule is NC(N)=NCCCOc1cc(OCCCN=C(N)N)c(-c2ccc(C(F)(F)F)cc2)cc1-c1ccc(C(F)(F)F)cc1. The van der Waals surface area contributed by atoms with Gasteiger partial charge in [-0.1, -0.05) is 24.3 Å². The molecule has 3 aromatic carbocycles. The van der Waals surface area contributed by atoms with E-state index in [1.165, 1.54) is 24.3 Å². The first kappa shape index (κ1) is 31.9. The molecule has 0 unspecified atom stereocenters. The molecule has 14 heteroatoms. The predicted octanol–water partition coefficient (Wildman–Crippen LogP) is 5.14. The fraction of sp³-hybridized carbons (Fsp3) is 0.286. The Balaban J connectivity index is 2.07. The van der Waals surface area contributed by atoms with Crippen molar-refractivity contribution in [2.45, 2.75) is 25.2 Å². The number of hydrogen-bond acceptors (Lipinski definition) is 4. The van der Waals surface area contributed by atoms with Crippen molar-refractivity contribution in [1.29, 1.82) is 0 Å². The highest BCUT2D eigenvalue weighted by Gasteiger charge is 2.31. The lowest BCUT2D eigenvalue weighted by Gasteiger charge is -2.19. The number of ether oxygens (including phenoxy) is 2. The van der Waals surface area contributed by atoms with Gasteiger partial charge < -0.3 is 32.4 Å². The number of hydrogen-bond donors (Lipinski definition) is 4. The second kappa shape index (κ2) is 13.8. The standard InChI is InChI=1S/C28H30F6N6O2/c29-27(30,31)19-7-3-17(4-8-19)21-15-22(18-5-9-20(10-6-18)28(32,33)34)24(42-14-2-12-40-26(37)38)16-23(21)41-13-1-11-39-25(35)36/h3-10,15-16H,1-2,11-14H2,(H4,35,36,39)(H4,37,38,40). The van der Waals surface area contributed by atoms with Crippen LogP contribution >= 0.6 is 0 Å². The minimum Gasteiger partial charge on any atom is -0.493 e. The smallest absolute Gasteiger partial charge is 0.416 e. The molecule has 0 fully saturated rings. The van der Waals surface area contributed by atoms with Crippen LogP contribution in [0.1, 0.15) is 24.0 Å². The maximum Gasteiger partial charge on any atom is 0.416 e. The van der Waals surface area contributed by atoms with Crippen molar-refractivity contribution in [1.82, 2.24) is 0 Å². The normalized spacial score (nSPS) is 11.6. The zero-order chi connectivity index (χ0) is 30.9. The van der Waals surface area contributed by atoms with Crippen molar-refractivity contribution >= 4 is 11.9 Å². The zero-order valence-electron chi connectivity index (χ0n) is 22.3. The molecule has 8 nitrogen and oxygen atoms in total. The second-order valence-electron chi connectivity index (χ2n) is 9.01. The summed E-state index contributed by atoms with van der Waals surface area (Å²) in [5.74, 6) is 0.374. The van der Waals surface area contributed by atoms with Gasteiger partial charge in [0.15, 0.2) is 11.9 Å². The molecule has 0 atom stereocenters. The summed E-state index contributed by atoms with van der Waals surface area (Å²) < 4.78 is 91.1. The van der Waals surface area contributed by atoms with E-state index in [4.69, 9.17) is 32.4 Å². The summed E-state index contributed by atoms with van der Waals surface area (Å²) in [6.45, 7) is 0.841. The molecule has 0 amide bonds. The first-order chi connectivity index (χ1) is 19.8. The van der Waals surface area contributed by atoms with Gasteiger partial charge in [0.1, 0.15) is 11.5 Å². The molecule has 0 aliphatic rings. The predicted molar refractivity (Wildman–Crippen MR) is 149 cm³/mol. The van der Waals surface area contributed by atoms with Crippen LogP contribution in [0.25, 0.3) is 22.3 Å². The molecular formula is C28H30F6N6O2. The molecule has 3 rings (SSSR count). The fourth-order valence-corrected chi connectivity index (χ4v) is 3.84. The quantitative estimate of drug-likeness (QED) is 0.0985. The number of guanidine groups is 2. The molecule has 0 radical (unpaired) electrons. The van der Waals surface area contributed by atoms with Crippen molar-refractivity contribution in [3.05, 3.63) is 71.8 Å². The largest absolute Gasteiger partial charge is 0.493 e. The van der Waals surface area contributed by atoms with E-state index in [-0.39, 0.29) is 49.7 Å². The first-order valence-electron chi connectivity index (χ1n) is 12.7. The summed E-state index contributed by atoms with van der Waals surface area (Å²) in [5, 5.41) is 0. The number of nitrogens with two attached hydrogens (primary N) is 4. The number of halogens is 6. The highest BCUT2D eigenvalue weighted by atomic mass is 19.4. The number of nitrogens with zero attached hydrogens (tertiary/aromatic N) is 2. The van der Waals surface area contributed by atoms with Gasteiger partial charge in [-0.25, -0.2) is 0 Å². The lowest BCUT2D eigenvalue weighted by molar-refractivity contribution is -0.138. The van der Waals surface area contributed by atoms with E-state index in [1.807, 2.05) is 0 Å². The summed E-state index contributed by atoms with van der Waals surface area (Å²) in [7, 11) is 0. The van der Waals surface area contributed by atoms with Crippen molar-refractivity contribution in [2.24, 2.45) is 32.9 Å². The Morgan fingerprint density at radius 3 is 1.24 bits per heavy atom. The van der Waals surface area contributed by atoms with E-state index in [0.717, 1.165) is 24.3 Å². The molecule has 3 aromatic rings. The number of alkyl halides is 6. The van der Waals surface area contributed by atoms with Gasteiger partial charge in [0, 0.05) is 43.1 Å². The van der Waals surface area contributed by atoms with E-state index < -0.39 is 23.5 Å². The van der Waals surface area contributed by atoms with Gasteiger partial charge >= 0.3 is 12.4 Å². The number of benzene rings is 3. The Bertz CT molecular complexity index is 1280. The molecule has 0 aliphatic carbocycles. The molecule has 0 bridgehead atoms. The lowest BCUT2D eigenvalue weighted by Crippen LogP contribution is -2.23.